The number of esters is 1. The average Bonchev–Trinajstić information content (AvgIpc) is 3.05. The van der Waals surface area contributed by atoms with Crippen LogP contribution in [0.15, 0.2) is 53.2 Å². The molecule has 0 aliphatic rings. The number of pyridine rings is 1. The van der Waals surface area contributed by atoms with E-state index in [1.807, 2.05) is 6.07 Å². The lowest BCUT2D eigenvalue weighted by Gasteiger charge is -2.00. The summed E-state index contributed by atoms with van der Waals surface area (Å²) >= 11 is 0. The molecular formula is C15H11N3O3. The highest BCUT2D eigenvalue weighted by Crippen LogP contribution is 2.24. The fourth-order valence-electron chi connectivity index (χ4n) is 1.84. The van der Waals surface area contributed by atoms with Crippen molar-refractivity contribution in [2.24, 2.45) is 0 Å². The number of hydrogen-bond acceptors (Lipinski definition) is 6. The van der Waals surface area contributed by atoms with Crippen molar-refractivity contribution in [3.05, 3.63) is 54.4 Å². The first-order chi connectivity index (χ1) is 10.3. The molecule has 3 rings (SSSR count). The van der Waals surface area contributed by atoms with Crippen molar-refractivity contribution in [2.45, 2.75) is 0 Å². The molecule has 1 aromatic carbocycles. The minimum atomic E-state index is -0.413. The molecule has 0 saturated carbocycles. The van der Waals surface area contributed by atoms with Crippen LogP contribution in [0.1, 0.15) is 10.4 Å². The van der Waals surface area contributed by atoms with Gasteiger partial charge in [0.1, 0.15) is 0 Å². The van der Waals surface area contributed by atoms with Crippen molar-refractivity contribution in [3.63, 3.8) is 0 Å². The van der Waals surface area contributed by atoms with E-state index in [-0.39, 0.29) is 0 Å². The highest BCUT2D eigenvalue weighted by atomic mass is 16.5. The van der Waals surface area contributed by atoms with E-state index in [0.717, 1.165) is 5.56 Å². The van der Waals surface area contributed by atoms with Crippen LogP contribution in [-0.4, -0.2) is 28.3 Å². The van der Waals surface area contributed by atoms with E-state index in [9.17, 15) is 4.79 Å². The van der Waals surface area contributed by atoms with Crippen molar-refractivity contribution in [1.29, 1.82) is 0 Å². The van der Waals surface area contributed by atoms with Gasteiger partial charge in [-0.2, -0.15) is 0 Å². The van der Waals surface area contributed by atoms with E-state index >= 15 is 0 Å². The number of carbonyl (C=O) groups is 1. The lowest BCUT2D eigenvalue weighted by atomic mass is 10.1. The predicted molar refractivity (Wildman–Crippen MR) is 74.3 cm³/mol. The fourth-order valence-corrected chi connectivity index (χ4v) is 1.84. The molecular weight excluding hydrogens is 270 g/mol. The molecule has 0 fully saturated rings. The van der Waals surface area contributed by atoms with Gasteiger partial charge in [0, 0.05) is 18.0 Å². The summed E-state index contributed by atoms with van der Waals surface area (Å²) in [6, 6.07) is 10.4. The number of methoxy groups -OCH3 is 1. The zero-order valence-corrected chi connectivity index (χ0v) is 11.2. The van der Waals surface area contributed by atoms with Gasteiger partial charge in [0.05, 0.1) is 18.2 Å². The summed E-state index contributed by atoms with van der Waals surface area (Å²) in [7, 11) is 1.34. The summed E-state index contributed by atoms with van der Waals surface area (Å²) in [6.45, 7) is 0. The lowest BCUT2D eigenvalue weighted by molar-refractivity contribution is 0.0601. The Balaban J connectivity index is 1.95. The monoisotopic (exact) mass is 281 g/mol. The van der Waals surface area contributed by atoms with Crippen LogP contribution in [0.2, 0.25) is 0 Å². The SMILES string of the molecule is COC(=O)c1cccc(-c2nnc(-c3cccnc3)o2)c1. The molecule has 0 atom stereocenters. The summed E-state index contributed by atoms with van der Waals surface area (Å²) < 4.78 is 10.3. The van der Waals surface area contributed by atoms with Gasteiger partial charge in [-0.15, -0.1) is 10.2 Å². The summed E-state index contributed by atoms with van der Waals surface area (Å²) in [5.41, 5.74) is 1.82. The Morgan fingerprint density at radius 2 is 1.86 bits per heavy atom. The number of benzene rings is 1. The smallest absolute Gasteiger partial charge is 0.337 e. The van der Waals surface area contributed by atoms with Gasteiger partial charge in [0.25, 0.3) is 0 Å². The molecule has 0 N–H and O–H groups in total. The van der Waals surface area contributed by atoms with Gasteiger partial charge in [-0.1, -0.05) is 6.07 Å². The first-order valence-corrected chi connectivity index (χ1v) is 6.20. The molecule has 0 radical (unpaired) electrons. The minimum Gasteiger partial charge on any atom is -0.465 e. The van der Waals surface area contributed by atoms with Crippen LogP contribution in [0.3, 0.4) is 0 Å². The normalized spacial score (nSPS) is 10.3. The summed E-state index contributed by atoms with van der Waals surface area (Å²) in [5.74, 6) is 0.296. The molecule has 0 aliphatic carbocycles. The highest BCUT2D eigenvalue weighted by molar-refractivity contribution is 5.90. The van der Waals surface area contributed by atoms with Gasteiger partial charge >= 0.3 is 5.97 Å². The fraction of sp³-hybridized carbons (Fsp3) is 0.0667. The zero-order chi connectivity index (χ0) is 14.7. The summed E-state index contributed by atoms with van der Waals surface area (Å²) in [6.07, 6.45) is 3.31. The molecule has 6 heteroatoms. The maximum atomic E-state index is 11.5. The van der Waals surface area contributed by atoms with Crippen molar-refractivity contribution in [3.8, 4) is 22.9 Å². The van der Waals surface area contributed by atoms with E-state index < -0.39 is 5.97 Å². The second-order valence-corrected chi connectivity index (χ2v) is 4.23. The van der Waals surface area contributed by atoms with Crippen LogP contribution in [0, 0.1) is 0 Å². The second kappa shape index (κ2) is 5.54. The van der Waals surface area contributed by atoms with E-state index in [4.69, 9.17) is 4.42 Å². The van der Waals surface area contributed by atoms with E-state index in [1.54, 1.807) is 42.7 Å². The lowest BCUT2D eigenvalue weighted by Crippen LogP contribution is -2.00. The number of aromatic nitrogens is 3. The largest absolute Gasteiger partial charge is 0.465 e. The van der Waals surface area contributed by atoms with Crippen molar-refractivity contribution < 1.29 is 13.9 Å². The number of nitrogens with zero attached hydrogens (tertiary/aromatic N) is 3. The molecule has 6 nitrogen and oxygen atoms in total. The predicted octanol–water partition coefficient (Wildman–Crippen LogP) is 2.59. The van der Waals surface area contributed by atoms with Gasteiger partial charge in [-0.3, -0.25) is 4.98 Å². The highest BCUT2D eigenvalue weighted by Gasteiger charge is 2.12. The molecule has 0 bridgehead atoms. The zero-order valence-electron chi connectivity index (χ0n) is 11.2. The van der Waals surface area contributed by atoms with Crippen molar-refractivity contribution >= 4 is 5.97 Å². The van der Waals surface area contributed by atoms with E-state index in [0.29, 0.717) is 22.9 Å². The molecule has 0 aliphatic heterocycles. The van der Waals surface area contributed by atoms with Crippen LogP contribution in [0.25, 0.3) is 22.9 Å². The second-order valence-electron chi connectivity index (χ2n) is 4.23. The summed E-state index contributed by atoms with van der Waals surface area (Å²) in [4.78, 5) is 15.5. The number of carbonyl (C=O) groups excluding carboxylic acids is 1. The van der Waals surface area contributed by atoms with Crippen LogP contribution in [0.4, 0.5) is 0 Å². The average molecular weight is 281 g/mol. The Morgan fingerprint density at radius 3 is 2.57 bits per heavy atom. The van der Waals surface area contributed by atoms with E-state index in [2.05, 4.69) is 19.9 Å². The molecule has 2 aromatic heterocycles. The van der Waals surface area contributed by atoms with Crippen LogP contribution in [-0.2, 0) is 4.74 Å². The topological polar surface area (TPSA) is 78.1 Å². The Kier molecular flexibility index (Phi) is 3.42. The Labute approximate surface area is 120 Å². The Morgan fingerprint density at radius 1 is 1.10 bits per heavy atom. The van der Waals surface area contributed by atoms with Crippen molar-refractivity contribution in [1.82, 2.24) is 15.2 Å². The number of rotatable bonds is 3. The summed E-state index contributed by atoms with van der Waals surface area (Å²) in [5, 5.41) is 7.98. The minimum absolute atomic E-state index is 0.333. The standard InChI is InChI=1S/C15H11N3O3/c1-20-15(19)11-5-2-4-10(8-11)13-17-18-14(21-13)12-6-3-7-16-9-12/h2-9H,1H3. The third-order valence-corrected chi connectivity index (χ3v) is 2.86. The number of ether oxygens (including phenoxy) is 1. The third-order valence-electron chi connectivity index (χ3n) is 2.86. The third kappa shape index (κ3) is 2.64. The molecule has 0 unspecified atom stereocenters. The molecule has 104 valence electrons. The van der Waals surface area contributed by atoms with Gasteiger partial charge in [0.15, 0.2) is 0 Å². The van der Waals surface area contributed by atoms with Gasteiger partial charge in [-0.25, -0.2) is 4.79 Å². The molecule has 0 amide bonds. The van der Waals surface area contributed by atoms with E-state index in [1.165, 1.54) is 7.11 Å². The quantitative estimate of drug-likeness (QED) is 0.687. The Hall–Kier alpha value is -3.02. The maximum absolute atomic E-state index is 11.5. The number of hydrogen-bond donors (Lipinski definition) is 0. The molecule has 3 aromatic rings. The van der Waals surface area contributed by atoms with Gasteiger partial charge in [-0.05, 0) is 30.3 Å². The van der Waals surface area contributed by atoms with Crippen LogP contribution >= 0.6 is 0 Å². The molecule has 0 spiro atoms. The molecule has 2 heterocycles. The van der Waals surface area contributed by atoms with Gasteiger partial charge < -0.3 is 9.15 Å². The van der Waals surface area contributed by atoms with Gasteiger partial charge in [0.2, 0.25) is 11.8 Å². The first kappa shape index (κ1) is 13.0. The maximum Gasteiger partial charge on any atom is 0.337 e. The van der Waals surface area contributed by atoms with Crippen molar-refractivity contribution in [2.75, 3.05) is 7.11 Å². The van der Waals surface area contributed by atoms with Crippen LogP contribution < -0.4 is 0 Å². The Bertz CT molecular complexity index is 769. The van der Waals surface area contributed by atoms with Crippen LogP contribution in [0.5, 0.6) is 0 Å². The molecule has 21 heavy (non-hydrogen) atoms. The molecule has 0 saturated heterocycles. The first-order valence-electron chi connectivity index (χ1n) is 6.20.